The minimum absolute atomic E-state index is 0.136. The molecule has 0 bridgehead atoms. The molecule has 1 aromatic rings. The van der Waals surface area contributed by atoms with Gasteiger partial charge in [0.1, 0.15) is 0 Å². The van der Waals surface area contributed by atoms with Crippen LogP contribution >= 0.6 is 0 Å². The molecule has 2 nitrogen and oxygen atoms in total. The van der Waals surface area contributed by atoms with Crippen molar-refractivity contribution in [1.29, 1.82) is 0 Å². The highest BCUT2D eigenvalue weighted by atomic mass is 19.2. The predicted molar refractivity (Wildman–Crippen MR) is 66.4 cm³/mol. The summed E-state index contributed by atoms with van der Waals surface area (Å²) in [5.74, 6) is -1.62. The molecular weight excluding hydrogens is 236 g/mol. The molecule has 0 saturated carbocycles. The standard InChI is InChI=1S/C14H19F2NO/c1-2-6-17-11-5-7-18-14(9-11)10-3-4-12(15)13(16)8-10/h3-4,8,11,14,17H,2,5-7,9H2,1H3. The van der Waals surface area contributed by atoms with Crippen molar-refractivity contribution in [2.45, 2.75) is 38.3 Å². The van der Waals surface area contributed by atoms with Gasteiger partial charge in [0.15, 0.2) is 11.6 Å². The third-order valence-electron chi connectivity index (χ3n) is 3.28. The molecule has 2 atom stereocenters. The second-order valence-electron chi connectivity index (χ2n) is 4.71. The van der Waals surface area contributed by atoms with Crippen LogP contribution in [0.5, 0.6) is 0 Å². The number of benzene rings is 1. The van der Waals surface area contributed by atoms with Crippen LogP contribution in [0.3, 0.4) is 0 Å². The summed E-state index contributed by atoms with van der Waals surface area (Å²) in [4.78, 5) is 0. The zero-order valence-corrected chi connectivity index (χ0v) is 10.6. The maximum Gasteiger partial charge on any atom is 0.159 e. The number of hydrogen-bond acceptors (Lipinski definition) is 2. The second kappa shape index (κ2) is 6.25. The molecule has 0 spiro atoms. The van der Waals surface area contributed by atoms with Crippen LogP contribution in [0.1, 0.15) is 37.9 Å². The first kappa shape index (κ1) is 13.4. The van der Waals surface area contributed by atoms with Crippen LogP contribution in [0.2, 0.25) is 0 Å². The van der Waals surface area contributed by atoms with E-state index in [4.69, 9.17) is 4.74 Å². The molecule has 2 unspecified atom stereocenters. The average molecular weight is 255 g/mol. The van der Waals surface area contributed by atoms with Gasteiger partial charge in [-0.2, -0.15) is 0 Å². The molecule has 1 aliphatic heterocycles. The normalized spacial score (nSPS) is 24.2. The SMILES string of the molecule is CCCNC1CCOC(c2ccc(F)c(F)c2)C1. The van der Waals surface area contributed by atoms with Gasteiger partial charge in [-0.3, -0.25) is 0 Å². The van der Waals surface area contributed by atoms with Gasteiger partial charge in [-0.25, -0.2) is 8.78 Å². The van der Waals surface area contributed by atoms with Crippen molar-refractivity contribution >= 4 is 0 Å². The fraction of sp³-hybridized carbons (Fsp3) is 0.571. The molecule has 1 aromatic carbocycles. The highest BCUT2D eigenvalue weighted by molar-refractivity contribution is 5.20. The number of ether oxygens (including phenoxy) is 1. The average Bonchev–Trinajstić information content (AvgIpc) is 2.40. The predicted octanol–water partition coefficient (Wildman–Crippen LogP) is 3.18. The third kappa shape index (κ3) is 3.27. The van der Waals surface area contributed by atoms with Crippen LogP contribution in [0, 0.1) is 11.6 Å². The lowest BCUT2D eigenvalue weighted by Crippen LogP contribution is -2.36. The van der Waals surface area contributed by atoms with Crippen LogP contribution in [0.4, 0.5) is 8.78 Å². The molecule has 1 N–H and O–H groups in total. The van der Waals surface area contributed by atoms with Crippen molar-refractivity contribution in [3.63, 3.8) is 0 Å². The van der Waals surface area contributed by atoms with E-state index in [1.54, 1.807) is 6.07 Å². The lowest BCUT2D eigenvalue weighted by molar-refractivity contribution is 0.000145. The molecule has 4 heteroatoms. The maximum absolute atomic E-state index is 13.2. The van der Waals surface area contributed by atoms with Crippen LogP contribution in [-0.2, 0) is 4.74 Å². The fourth-order valence-electron chi connectivity index (χ4n) is 2.28. The zero-order valence-electron chi connectivity index (χ0n) is 10.6. The molecule has 1 aliphatic rings. The topological polar surface area (TPSA) is 21.3 Å². The third-order valence-corrected chi connectivity index (χ3v) is 3.28. The van der Waals surface area contributed by atoms with E-state index in [0.29, 0.717) is 12.6 Å². The molecule has 1 fully saturated rings. The Bertz CT molecular complexity index is 397. The quantitative estimate of drug-likeness (QED) is 0.892. The van der Waals surface area contributed by atoms with Gasteiger partial charge < -0.3 is 10.1 Å². The summed E-state index contributed by atoms with van der Waals surface area (Å²) < 4.78 is 31.7. The summed E-state index contributed by atoms with van der Waals surface area (Å²) in [5.41, 5.74) is 0.719. The van der Waals surface area contributed by atoms with Gasteiger partial charge in [0.25, 0.3) is 0 Å². The van der Waals surface area contributed by atoms with Crippen molar-refractivity contribution in [3.05, 3.63) is 35.4 Å². The van der Waals surface area contributed by atoms with Crippen molar-refractivity contribution in [2.24, 2.45) is 0 Å². The molecule has 1 saturated heterocycles. The Morgan fingerprint density at radius 1 is 1.33 bits per heavy atom. The van der Waals surface area contributed by atoms with E-state index in [-0.39, 0.29) is 6.10 Å². The molecule has 0 aromatic heterocycles. The van der Waals surface area contributed by atoms with Crippen molar-refractivity contribution in [1.82, 2.24) is 5.32 Å². The summed E-state index contributed by atoms with van der Waals surface area (Å²) in [5, 5.41) is 3.45. The highest BCUT2D eigenvalue weighted by Crippen LogP contribution is 2.28. The lowest BCUT2D eigenvalue weighted by Gasteiger charge is -2.30. The van der Waals surface area contributed by atoms with E-state index in [1.807, 2.05) is 0 Å². The van der Waals surface area contributed by atoms with Gasteiger partial charge in [-0.05, 0) is 43.5 Å². The first-order chi connectivity index (χ1) is 8.70. The Balaban J connectivity index is 2.01. The summed E-state index contributed by atoms with van der Waals surface area (Å²) in [7, 11) is 0. The van der Waals surface area contributed by atoms with Crippen LogP contribution in [0.15, 0.2) is 18.2 Å². The summed E-state index contributed by atoms with van der Waals surface area (Å²) in [6.07, 6.45) is 2.74. The molecule has 100 valence electrons. The van der Waals surface area contributed by atoms with Crippen LogP contribution in [-0.4, -0.2) is 19.2 Å². The van der Waals surface area contributed by atoms with E-state index < -0.39 is 11.6 Å². The van der Waals surface area contributed by atoms with Gasteiger partial charge in [-0.15, -0.1) is 0 Å². The Morgan fingerprint density at radius 3 is 2.89 bits per heavy atom. The minimum atomic E-state index is -0.810. The Morgan fingerprint density at radius 2 is 2.17 bits per heavy atom. The Kier molecular flexibility index (Phi) is 4.66. The van der Waals surface area contributed by atoms with Crippen LogP contribution < -0.4 is 5.32 Å². The second-order valence-corrected chi connectivity index (χ2v) is 4.71. The van der Waals surface area contributed by atoms with Gasteiger partial charge in [-0.1, -0.05) is 13.0 Å². The maximum atomic E-state index is 13.2. The van der Waals surface area contributed by atoms with Gasteiger partial charge >= 0.3 is 0 Å². The summed E-state index contributed by atoms with van der Waals surface area (Å²) >= 11 is 0. The van der Waals surface area contributed by atoms with E-state index in [9.17, 15) is 8.78 Å². The number of halogens is 2. The van der Waals surface area contributed by atoms with Gasteiger partial charge in [0.2, 0.25) is 0 Å². The van der Waals surface area contributed by atoms with E-state index in [1.165, 1.54) is 6.07 Å². The molecule has 0 radical (unpaired) electrons. The zero-order chi connectivity index (χ0) is 13.0. The van der Waals surface area contributed by atoms with Crippen LogP contribution in [0.25, 0.3) is 0 Å². The summed E-state index contributed by atoms with van der Waals surface area (Å²) in [6.45, 7) is 3.76. The molecule has 0 aliphatic carbocycles. The first-order valence-electron chi connectivity index (χ1n) is 6.50. The van der Waals surface area contributed by atoms with Crippen molar-refractivity contribution in [3.8, 4) is 0 Å². The lowest BCUT2D eigenvalue weighted by atomic mass is 9.97. The Hall–Kier alpha value is -1.00. The smallest absolute Gasteiger partial charge is 0.159 e. The number of hydrogen-bond donors (Lipinski definition) is 1. The van der Waals surface area contributed by atoms with Gasteiger partial charge in [0, 0.05) is 12.6 Å². The minimum Gasteiger partial charge on any atom is -0.373 e. The van der Waals surface area contributed by atoms with E-state index >= 15 is 0 Å². The van der Waals surface area contributed by atoms with E-state index in [2.05, 4.69) is 12.2 Å². The molecule has 0 amide bonds. The molecule has 2 rings (SSSR count). The monoisotopic (exact) mass is 255 g/mol. The number of nitrogens with one attached hydrogen (secondary N) is 1. The largest absolute Gasteiger partial charge is 0.373 e. The fourth-order valence-corrected chi connectivity index (χ4v) is 2.28. The van der Waals surface area contributed by atoms with E-state index in [0.717, 1.165) is 37.4 Å². The molecular formula is C14H19F2NO. The summed E-state index contributed by atoms with van der Waals surface area (Å²) in [6, 6.07) is 4.40. The Labute approximate surface area is 106 Å². The molecule has 18 heavy (non-hydrogen) atoms. The van der Waals surface area contributed by atoms with Gasteiger partial charge in [0.05, 0.1) is 6.10 Å². The first-order valence-corrected chi connectivity index (χ1v) is 6.50. The molecule has 1 heterocycles. The van der Waals surface area contributed by atoms with Crippen molar-refractivity contribution in [2.75, 3.05) is 13.2 Å². The highest BCUT2D eigenvalue weighted by Gasteiger charge is 2.24. The van der Waals surface area contributed by atoms with Crippen molar-refractivity contribution < 1.29 is 13.5 Å². The number of rotatable bonds is 4.